The number of pyridine rings is 1. The Labute approximate surface area is 159 Å². The fourth-order valence-corrected chi connectivity index (χ4v) is 4.23. The zero-order valence-electron chi connectivity index (χ0n) is 14.8. The number of carbonyl (C=O) groups excluding carboxylic acids is 2. The normalized spacial score (nSPS) is 23.7. The van der Waals surface area contributed by atoms with E-state index in [1.807, 2.05) is 0 Å². The molecule has 2 heterocycles. The maximum Gasteiger partial charge on any atom is 0.417 e. The van der Waals surface area contributed by atoms with E-state index in [1.54, 1.807) is 18.3 Å². The highest BCUT2D eigenvalue weighted by molar-refractivity contribution is 5.97. The first-order valence-corrected chi connectivity index (χ1v) is 9.02. The number of nitrogens with one attached hydrogen (secondary N) is 1. The average molecular weight is 389 g/mol. The number of alkyl halides is 3. The molecule has 0 spiro atoms. The van der Waals surface area contributed by atoms with Crippen molar-refractivity contribution in [1.82, 2.24) is 15.2 Å². The number of amides is 2. The Balaban J connectivity index is 1.53. The molecule has 3 unspecified atom stereocenters. The minimum absolute atomic E-state index is 0.172. The average Bonchev–Trinajstić information content (AvgIpc) is 3.28. The van der Waals surface area contributed by atoms with Crippen molar-refractivity contribution in [2.24, 2.45) is 5.92 Å². The summed E-state index contributed by atoms with van der Waals surface area (Å²) in [7, 11) is 0. The van der Waals surface area contributed by atoms with Gasteiger partial charge in [0.25, 0.3) is 11.8 Å². The number of piperidine rings is 1. The lowest BCUT2D eigenvalue weighted by molar-refractivity contribution is -0.138. The molecular formula is C20H18F3N3O2. The van der Waals surface area contributed by atoms with E-state index >= 15 is 0 Å². The molecule has 1 N–H and O–H groups in total. The van der Waals surface area contributed by atoms with Crippen molar-refractivity contribution in [1.29, 1.82) is 0 Å². The highest BCUT2D eigenvalue weighted by atomic mass is 19.4. The summed E-state index contributed by atoms with van der Waals surface area (Å²) >= 11 is 0. The van der Waals surface area contributed by atoms with Crippen LogP contribution in [-0.2, 0) is 6.18 Å². The zero-order chi connectivity index (χ0) is 19.9. The lowest BCUT2D eigenvalue weighted by Crippen LogP contribution is -2.52. The van der Waals surface area contributed by atoms with Gasteiger partial charge in [0.05, 0.1) is 22.7 Å². The Morgan fingerprint density at radius 2 is 1.89 bits per heavy atom. The van der Waals surface area contributed by atoms with Crippen LogP contribution in [0.15, 0.2) is 48.8 Å². The third kappa shape index (κ3) is 3.34. The summed E-state index contributed by atoms with van der Waals surface area (Å²) in [4.78, 5) is 30.7. The number of carbonyl (C=O) groups is 2. The van der Waals surface area contributed by atoms with Crippen LogP contribution in [0.4, 0.5) is 13.2 Å². The number of nitrogens with zero attached hydrogens (tertiary/aromatic N) is 2. The molecule has 2 amide bonds. The van der Waals surface area contributed by atoms with Gasteiger partial charge in [-0.25, -0.2) is 0 Å². The lowest BCUT2D eigenvalue weighted by Gasteiger charge is -2.34. The number of hydrogen-bond acceptors (Lipinski definition) is 3. The monoisotopic (exact) mass is 389 g/mol. The van der Waals surface area contributed by atoms with E-state index in [0.717, 1.165) is 6.07 Å². The smallest absolute Gasteiger partial charge is 0.347 e. The maximum absolute atomic E-state index is 13.3. The predicted octanol–water partition coefficient (Wildman–Crippen LogP) is 3.13. The Morgan fingerprint density at radius 3 is 2.57 bits per heavy atom. The minimum Gasteiger partial charge on any atom is -0.347 e. The van der Waals surface area contributed by atoms with Crippen LogP contribution in [0.2, 0.25) is 0 Å². The first kappa shape index (κ1) is 18.5. The van der Waals surface area contributed by atoms with Crippen LogP contribution >= 0.6 is 0 Å². The third-order valence-corrected chi connectivity index (χ3v) is 5.45. The van der Waals surface area contributed by atoms with Gasteiger partial charge in [-0.1, -0.05) is 12.1 Å². The van der Waals surface area contributed by atoms with Gasteiger partial charge in [-0.3, -0.25) is 14.6 Å². The van der Waals surface area contributed by atoms with Gasteiger partial charge in [0, 0.05) is 25.0 Å². The van der Waals surface area contributed by atoms with Crippen LogP contribution < -0.4 is 5.32 Å². The van der Waals surface area contributed by atoms with Crippen LogP contribution in [0, 0.1) is 5.92 Å². The molecule has 28 heavy (non-hydrogen) atoms. The van der Waals surface area contributed by atoms with Gasteiger partial charge in [-0.15, -0.1) is 0 Å². The molecule has 2 bridgehead atoms. The second-order valence-corrected chi connectivity index (χ2v) is 7.23. The van der Waals surface area contributed by atoms with Gasteiger partial charge in [0.1, 0.15) is 0 Å². The van der Waals surface area contributed by atoms with Crippen LogP contribution in [0.5, 0.6) is 0 Å². The lowest BCUT2D eigenvalue weighted by atomic mass is 10.0. The molecule has 1 aromatic heterocycles. The summed E-state index contributed by atoms with van der Waals surface area (Å²) in [6.07, 6.45) is -0.198. The van der Waals surface area contributed by atoms with Crippen molar-refractivity contribution < 1.29 is 22.8 Å². The Hall–Kier alpha value is -2.90. The van der Waals surface area contributed by atoms with E-state index in [1.165, 1.54) is 29.3 Å². The molecule has 2 aromatic rings. The molecule has 1 aromatic carbocycles. The topological polar surface area (TPSA) is 62.3 Å². The number of benzene rings is 1. The quantitative estimate of drug-likeness (QED) is 0.877. The third-order valence-electron chi connectivity index (χ3n) is 5.45. The molecule has 1 aliphatic carbocycles. The molecule has 3 atom stereocenters. The summed E-state index contributed by atoms with van der Waals surface area (Å²) in [5, 5.41) is 2.91. The number of halogens is 3. The predicted molar refractivity (Wildman–Crippen MR) is 94.5 cm³/mol. The number of fused-ring (bicyclic) bond motifs is 2. The van der Waals surface area contributed by atoms with E-state index in [0.29, 0.717) is 24.9 Å². The minimum atomic E-state index is -4.60. The van der Waals surface area contributed by atoms with Gasteiger partial charge < -0.3 is 10.2 Å². The SMILES string of the molecule is O=C(NC1CC2CC1N(C(=O)c1ccccc1C(F)(F)F)C2)c1cccnc1. The molecule has 4 rings (SSSR count). The zero-order valence-corrected chi connectivity index (χ0v) is 14.8. The number of hydrogen-bond donors (Lipinski definition) is 1. The van der Waals surface area contributed by atoms with E-state index in [4.69, 9.17) is 0 Å². The number of aromatic nitrogens is 1. The number of rotatable bonds is 3. The van der Waals surface area contributed by atoms with Crippen LogP contribution in [0.3, 0.4) is 0 Å². The summed E-state index contributed by atoms with van der Waals surface area (Å²) in [5.74, 6) is -0.763. The molecule has 0 radical (unpaired) electrons. The second-order valence-electron chi connectivity index (χ2n) is 7.23. The molecule has 1 saturated carbocycles. The largest absolute Gasteiger partial charge is 0.417 e. The van der Waals surface area contributed by atoms with Crippen molar-refractivity contribution in [3.05, 3.63) is 65.5 Å². The summed E-state index contributed by atoms with van der Waals surface area (Å²) in [6, 6.07) is 7.53. The summed E-state index contributed by atoms with van der Waals surface area (Å²) in [5.41, 5.74) is -0.871. The standard InChI is InChI=1S/C20H18F3N3O2/c21-20(22,23)15-6-2-1-5-14(15)19(28)26-11-12-8-16(17(26)9-12)25-18(27)13-4-3-7-24-10-13/h1-7,10,12,16-17H,8-9,11H2,(H,25,27). The molecule has 146 valence electrons. The van der Waals surface area contributed by atoms with Crippen molar-refractivity contribution >= 4 is 11.8 Å². The molecule has 1 aliphatic heterocycles. The first-order valence-electron chi connectivity index (χ1n) is 9.02. The van der Waals surface area contributed by atoms with E-state index in [-0.39, 0.29) is 29.5 Å². The molecule has 1 saturated heterocycles. The molecule has 8 heteroatoms. The Kier molecular flexibility index (Phi) is 4.56. The molecule has 2 fully saturated rings. The number of likely N-dealkylation sites (tertiary alicyclic amines) is 1. The van der Waals surface area contributed by atoms with E-state index in [2.05, 4.69) is 10.3 Å². The van der Waals surface area contributed by atoms with Crippen LogP contribution in [0.1, 0.15) is 39.1 Å². The van der Waals surface area contributed by atoms with Crippen LogP contribution in [0.25, 0.3) is 0 Å². The highest BCUT2D eigenvalue weighted by Crippen LogP contribution is 2.40. The van der Waals surface area contributed by atoms with Crippen LogP contribution in [-0.4, -0.2) is 40.3 Å². The van der Waals surface area contributed by atoms with E-state index < -0.39 is 17.6 Å². The first-order chi connectivity index (χ1) is 13.3. The fourth-order valence-electron chi connectivity index (χ4n) is 4.23. The maximum atomic E-state index is 13.3. The fraction of sp³-hybridized carbons (Fsp3) is 0.350. The van der Waals surface area contributed by atoms with Crippen molar-refractivity contribution in [3.8, 4) is 0 Å². The summed E-state index contributed by atoms with van der Waals surface area (Å²) in [6.45, 7) is 0.412. The van der Waals surface area contributed by atoms with Gasteiger partial charge in [0.15, 0.2) is 0 Å². The molecule has 5 nitrogen and oxygen atoms in total. The van der Waals surface area contributed by atoms with Crippen molar-refractivity contribution in [3.63, 3.8) is 0 Å². The van der Waals surface area contributed by atoms with Gasteiger partial charge in [-0.2, -0.15) is 13.2 Å². The second kappa shape index (κ2) is 6.92. The van der Waals surface area contributed by atoms with Gasteiger partial charge in [-0.05, 0) is 43.0 Å². The molecule has 2 aliphatic rings. The summed E-state index contributed by atoms with van der Waals surface area (Å²) < 4.78 is 39.9. The van der Waals surface area contributed by atoms with Gasteiger partial charge >= 0.3 is 6.18 Å². The van der Waals surface area contributed by atoms with Gasteiger partial charge in [0.2, 0.25) is 0 Å². The Bertz CT molecular complexity index is 901. The Morgan fingerprint density at radius 1 is 1.11 bits per heavy atom. The van der Waals surface area contributed by atoms with Crippen molar-refractivity contribution in [2.45, 2.75) is 31.1 Å². The highest BCUT2D eigenvalue weighted by Gasteiger charge is 2.48. The van der Waals surface area contributed by atoms with E-state index in [9.17, 15) is 22.8 Å². The molecular weight excluding hydrogens is 371 g/mol. The van der Waals surface area contributed by atoms with Crippen molar-refractivity contribution in [2.75, 3.05) is 6.54 Å².